The molecule has 1 heterocycles. The molecule has 0 amide bonds. The van der Waals surface area contributed by atoms with E-state index in [1.807, 2.05) is 13.8 Å². The highest BCUT2D eigenvalue weighted by molar-refractivity contribution is 7.91. The Balaban J connectivity index is 2.69. The van der Waals surface area contributed by atoms with E-state index < -0.39 is 20.9 Å². The van der Waals surface area contributed by atoms with Crippen LogP contribution in [0.25, 0.3) is 0 Å². The summed E-state index contributed by atoms with van der Waals surface area (Å²) in [5.41, 5.74) is 4.63. The number of nitrogens with two attached hydrogens (primary N) is 1. The zero-order chi connectivity index (χ0) is 14.3. The number of hydrogen-bond acceptors (Lipinski definition) is 4. The first-order valence-electron chi connectivity index (χ1n) is 6.55. The summed E-state index contributed by atoms with van der Waals surface area (Å²) in [4.78, 5) is 0.247. The van der Waals surface area contributed by atoms with Crippen LogP contribution in [0.2, 0.25) is 0 Å². The molecular weight excluding hydrogens is 262 g/mol. The van der Waals surface area contributed by atoms with Crippen molar-refractivity contribution in [2.24, 2.45) is 11.1 Å². The van der Waals surface area contributed by atoms with Gasteiger partial charge < -0.3 is 10.8 Å². The summed E-state index contributed by atoms with van der Waals surface area (Å²) < 4.78 is 24.2. The minimum Gasteiger partial charge on any atom is -0.384 e. The predicted octanol–water partition coefficient (Wildman–Crippen LogP) is 1.43. The third-order valence-electron chi connectivity index (χ3n) is 4.63. The van der Waals surface area contributed by atoms with Gasteiger partial charge in [0.15, 0.2) is 9.84 Å². The van der Waals surface area contributed by atoms with E-state index in [1.54, 1.807) is 24.3 Å². The van der Waals surface area contributed by atoms with Gasteiger partial charge in [0, 0.05) is 17.5 Å². The van der Waals surface area contributed by atoms with Gasteiger partial charge in [0.2, 0.25) is 0 Å². The lowest BCUT2D eigenvalue weighted by Gasteiger charge is -2.47. The third kappa shape index (κ3) is 2.00. The van der Waals surface area contributed by atoms with Crippen molar-refractivity contribution in [1.29, 1.82) is 0 Å². The van der Waals surface area contributed by atoms with Crippen molar-refractivity contribution in [3.05, 3.63) is 29.8 Å². The van der Waals surface area contributed by atoms with E-state index in [0.717, 1.165) is 0 Å². The van der Waals surface area contributed by atoms with Gasteiger partial charge in [-0.3, -0.25) is 0 Å². The van der Waals surface area contributed by atoms with Crippen molar-refractivity contribution >= 4 is 9.84 Å². The standard InChI is InChI=1S/C14H21NO3S/c1-3-13(2,10-15)14(16)8-9-19(17,18)12-7-5-4-6-11(12)14/h4-7,16H,3,8-10,15H2,1-2H3. The van der Waals surface area contributed by atoms with Crippen LogP contribution in [0.3, 0.4) is 0 Å². The van der Waals surface area contributed by atoms with Gasteiger partial charge >= 0.3 is 0 Å². The van der Waals surface area contributed by atoms with Crippen molar-refractivity contribution in [2.75, 3.05) is 12.3 Å². The molecule has 106 valence electrons. The van der Waals surface area contributed by atoms with Gasteiger partial charge in [-0.1, -0.05) is 32.0 Å². The van der Waals surface area contributed by atoms with E-state index >= 15 is 0 Å². The van der Waals surface area contributed by atoms with Crippen LogP contribution in [0.15, 0.2) is 29.2 Å². The number of fused-ring (bicyclic) bond motifs is 1. The molecule has 19 heavy (non-hydrogen) atoms. The molecule has 0 bridgehead atoms. The average Bonchev–Trinajstić information content (AvgIpc) is 2.43. The maximum Gasteiger partial charge on any atom is 0.178 e. The summed E-state index contributed by atoms with van der Waals surface area (Å²) in [6, 6.07) is 6.72. The van der Waals surface area contributed by atoms with Crippen LogP contribution in [-0.4, -0.2) is 25.8 Å². The van der Waals surface area contributed by atoms with Crippen LogP contribution in [-0.2, 0) is 15.4 Å². The highest BCUT2D eigenvalue weighted by atomic mass is 32.2. The molecule has 1 aromatic carbocycles. The summed E-state index contributed by atoms with van der Waals surface area (Å²) in [5.74, 6) is -0.0316. The summed E-state index contributed by atoms with van der Waals surface area (Å²) in [5, 5.41) is 11.1. The monoisotopic (exact) mass is 283 g/mol. The third-order valence-corrected chi connectivity index (χ3v) is 6.40. The predicted molar refractivity (Wildman–Crippen MR) is 74.5 cm³/mol. The highest BCUT2D eigenvalue weighted by Crippen LogP contribution is 2.49. The zero-order valence-electron chi connectivity index (χ0n) is 11.4. The van der Waals surface area contributed by atoms with E-state index in [9.17, 15) is 13.5 Å². The van der Waals surface area contributed by atoms with Crippen molar-refractivity contribution < 1.29 is 13.5 Å². The molecular formula is C14H21NO3S. The largest absolute Gasteiger partial charge is 0.384 e. The first-order chi connectivity index (χ1) is 8.81. The van der Waals surface area contributed by atoms with E-state index in [4.69, 9.17) is 5.73 Å². The second kappa shape index (κ2) is 4.58. The summed E-state index contributed by atoms with van der Waals surface area (Å²) in [6.07, 6.45) is 0.891. The molecule has 2 rings (SSSR count). The quantitative estimate of drug-likeness (QED) is 0.879. The van der Waals surface area contributed by atoms with Crippen LogP contribution in [0, 0.1) is 5.41 Å². The molecule has 0 saturated heterocycles. The van der Waals surface area contributed by atoms with Crippen LogP contribution in [0.5, 0.6) is 0 Å². The molecule has 4 nitrogen and oxygen atoms in total. The lowest BCUT2D eigenvalue weighted by Crippen LogP contribution is -2.51. The Kier molecular flexibility index (Phi) is 3.49. The average molecular weight is 283 g/mol. The van der Waals surface area contributed by atoms with Gasteiger partial charge in [-0.15, -0.1) is 0 Å². The smallest absolute Gasteiger partial charge is 0.178 e. The second-order valence-electron chi connectivity index (χ2n) is 5.54. The lowest BCUT2D eigenvalue weighted by molar-refractivity contribution is -0.0869. The van der Waals surface area contributed by atoms with Gasteiger partial charge in [0.05, 0.1) is 16.2 Å². The Hall–Kier alpha value is -0.910. The molecule has 5 heteroatoms. The summed E-state index contributed by atoms with van der Waals surface area (Å²) >= 11 is 0. The van der Waals surface area contributed by atoms with Gasteiger partial charge in [0.1, 0.15) is 0 Å². The maximum atomic E-state index is 12.1. The minimum absolute atomic E-state index is 0.0316. The van der Waals surface area contributed by atoms with Crippen molar-refractivity contribution in [3.8, 4) is 0 Å². The lowest BCUT2D eigenvalue weighted by atomic mass is 9.66. The molecule has 1 aliphatic rings. The molecule has 2 unspecified atom stereocenters. The number of sulfone groups is 1. The first-order valence-corrected chi connectivity index (χ1v) is 8.21. The highest BCUT2D eigenvalue weighted by Gasteiger charge is 2.51. The van der Waals surface area contributed by atoms with Crippen LogP contribution in [0.1, 0.15) is 32.3 Å². The first kappa shape index (κ1) is 14.5. The fourth-order valence-corrected chi connectivity index (χ4v) is 4.48. The van der Waals surface area contributed by atoms with E-state index in [2.05, 4.69) is 0 Å². The SMILES string of the molecule is CCC(C)(CN)C1(O)CCS(=O)(=O)c2ccccc21. The molecule has 0 fully saturated rings. The molecule has 1 aliphatic heterocycles. The zero-order valence-corrected chi connectivity index (χ0v) is 12.2. The Morgan fingerprint density at radius 3 is 2.63 bits per heavy atom. The van der Waals surface area contributed by atoms with E-state index in [1.165, 1.54) is 0 Å². The topological polar surface area (TPSA) is 80.4 Å². The number of benzene rings is 1. The number of aliphatic hydroxyl groups is 1. The summed E-state index contributed by atoms with van der Waals surface area (Å²) in [6.45, 7) is 4.20. The molecule has 0 aromatic heterocycles. The van der Waals surface area contributed by atoms with E-state index in [-0.39, 0.29) is 17.1 Å². The molecule has 0 radical (unpaired) electrons. The Morgan fingerprint density at radius 1 is 1.42 bits per heavy atom. The van der Waals surface area contributed by atoms with Crippen LogP contribution in [0.4, 0.5) is 0 Å². The van der Waals surface area contributed by atoms with E-state index in [0.29, 0.717) is 18.5 Å². The minimum atomic E-state index is -3.29. The summed E-state index contributed by atoms with van der Waals surface area (Å²) in [7, 11) is -3.29. The van der Waals surface area contributed by atoms with Crippen LogP contribution >= 0.6 is 0 Å². The maximum absolute atomic E-state index is 12.1. The van der Waals surface area contributed by atoms with Crippen LogP contribution < -0.4 is 5.73 Å². The van der Waals surface area contributed by atoms with Gasteiger partial charge in [-0.2, -0.15) is 0 Å². The van der Waals surface area contributed by atoms with Crippen molar-refractivity contribution in [2.45, 2.75) is 37.2 Å². The molecule has 0 saturated carbocycles. The van der Waals surface area contributed by atoms with Gasteiger partial charge in [0.25, 0.3) is 0 Å². The normalized spacial score (nSPS) is 28.4. The molecule has 2 atom stereocenters. The fourth-order valence-electron chi connectivity index (χ4n) is 2.84. The van der Waals surface area contributed by atoms with Gasteiger partial charge in [-0.05, 0) is 18.9 Å². The Bertz CT molecular complexity index is 578. The molecule has 0 aliphatic carbocycles. The fraction of sp³-hybridized carbons (Fsp3) is 0.571. The molecule has 0 spiro atoms. The van der Waals surface area contributed by atoms with Crippen molar-refractivity contribution in [1.82, 2.24) is 0 Å². The molecule has 3 N–H and O–H groups in total. The van der Waals surface area contributed by atoms with Gasteiger partial charge in [-0.25, -0.2) is 8.42 Å². The molecule has 1 aromatic rings. The Labute approximate surface area is 114 Å². The Morgan fingerprint density at radius 2 is 2.05 bits per heavy atom. The second-order valence-corrected chi connectivity index (χ2v) is 7.62. The number of hydrogen-bond donors (Lipinski definition) is 2. The van der Waals surface area contributed by atoms with Crippen molar-refractivity contribution in [3.63, 3.8) is 0 Å². The number of rotatable bonds is 3.